The zero-order valence-corrected chi connectivity index (χ0v) is 20.1. The first-order chi connectivity index (χ1) is 17.2. The molecule has 0 N–H and O–H groups in total. The van der Waals surface area contributed by atoms with Crippen molar-refractivity contribution in [1.29, 1.82) is 0 Å². The molecule has 0 aromatic heterocycles. The highest BCUT2D eigenvalue weighted by molar-refractivity contribution is 5.95. The van der Waals surface area contributed by atoms with Gasteiger partial charge < -0.3 is 23.8 Å². The van der Waals surface area contributed by atoms with Crippen molar-refractivity contribution in [2.75, 3.05) is 34.5 Å². The van der Waals surface area contributed by atoms with E-state index in [1.807, 2.05) is 6.07 Å². The Balaban J connectivity index is 1.70. The average molecular weight is 502 g/mol. The minimum absolute atomic E-state index is 0.0560. The summed E-state index contributed by atoms with van der Waals surface area (Å²) in [5.74, 6) is 1.40. The first-order valence-corrected chi connectivity index (χ1v) is 11.2. The van der Waals surface area contributed by atoms with Gasteiger partial charge >= 0.3 is 6.18 Å². The lowest BCUT2D eigenvalue weighted by atomic mass is 9.91. The van der Waals surface area contributed by atoms with Gasteiger partial charge in [-0.3, -0.25) is 4.79 Å². The van der Waals surface area contributed by atoms with E-state index < -0.39 is 17.8 Å². The van der Waals surface area contributed by atoms with Crippen LogP contribution in [0.4, 0.5) is 13.2 Å². The average Bonchev–Trinajstić information content (AvgIpc) is 2.90. The van der Waals surface area contributed by atoms with E-state index in [1.165, 1.54) is 26.4 Å². The maximum absolute atomic E-state index is 13.6. The number of hydrogen-bond acceptors (Lipinski definition) is 5. The van der Waals surface area contributed by atoms with E-state index in [0.29, 0.717) is 35.8 Å². The number of methoxy groups -OCH3 is 3. The van der Waals surface area contributed by atoms with Crippen molar-refractivity contribution < 1.29 is 36.9 Å². The summed E-state index contributed by atoms with van der Waals surface area (Å²) in [6.45, 7) is 0.328. The number of fused-ring (bicyclic) bond motifs is 1. The molecule has 0 saturated carbocycles. The van der Waals surface area contributed by atoms with E-state index >= 15 is 0 Å². The quantitative estimate of drug-likeness (QED) is 0.425. The standard InChI is InChI=1S/C27H26F3NO5/c1-33-20-8-4-6-18(12-20)26(32)31-11-10-17-13-24(34-2)25(35-3)15-22(17)23(31)16-36-21-9-5-7-19(14-21)27(28,29)30/h4-9,12-15,23H,10-11,16H2,1-3H3/t23-/m1/s1. The van der Waals surface area contributed by atoms with Gasteiger partial charge in [0.2, 0.25) is 0 Å². The summed E-state index contributed by atoms with van der Waals surface area (Å²) in [6, 6.07) is 14.6. The van der Waals surface area contributed by atoms with Crippen LogP contribution >= 0.6 is 0 Å². The predicted molar refractivity (Wildman–Crippen MR) is 127 cm³/mol. The van der Waals surface area contributed by atoms with Gasteiger partial charge in [0.25, 0.3) is 5.91 Å². The summed E-state index contributed by atoms with van der Waals surface area (Å²) < 4.78 is 61.5. The molecule has 0 aliphatic carbocycles. The van der Waals surface area contributed by atoms with Crippen LogP contribution in [0, 0.1) is 0 Å². The van der Waals surface area contributed by atoms with Gasteiger partial charge in [-0.05, 0) is 66.1 Å². The highest BCUT2D eigenvalue weighted by atomic mass is 19.4. The van der Waals surface area contributed by atoms with E-state index in [2.05, 4.69) is 0 Å². The fourth-order valence-electron chi connectivity index (χ4n) is 4.31. The van der Waals surface area contributed by atoms with Crippen LogP contribution in [0.3, 0.4) is 0 Å². The SMILES string of the molecule is COc1cccc(C(=O)N2CCc3cc(OC)c(OC)cc3[C@H]2COc2cccc(C(F)(F)F)c2)c1. The Morgan fingerprint density at radius 3 is 2.31 bits per heavy atom. The lowest BCUT2D eigenvalue weighted by molar-refractivity contribution is -0.137. The number of nitrogens with zero attached hydrogens (tertiary/aromatic N) is 1. The van der Waals surface area contributed by atoms with Crippen molar-refractivity contribution in [3.63, 3.8) is 0 Å². The summed E-state index contributed by atoms with van der Waals surface area (Å²) in [7, 11) is 4.58. The summed E-state index contributed by atoms with van der Waals surface area (Å²) >= 11 is 0. The lowest BCUT2D eigenvalue weighted by Gasteiger charge is -2.37. The molecule has 0 bridgehead atoms. The topological polar surface area (TPSA) is 57.2 Å². The third-order valence-corrected chi connectivity index (χ3v) is 6.15. The van der Waals surface area contributed by atoms with Crippen LogP contribution in [-0.2, 0) is 12.6 Å². The number of carbonyl (C=O) groups excluding carboxylic acids is 1. The van der Waals surface area contributed by atoms with E-state index in [9.17, 15) is 18.0 Å². The number of carbonyl (C=O) groups is 1. The van der Waals surface area contributed by atoms with Crippen LogP contribution in [0.5, 0.6) is 23.0 Å². The molecule has 0 unspecified atom stereocenters. The number of hydrogen-bond donors (Lipinski definition) is 0. The van der Waals surface area contributed by atoms with Crippen LogP contribution in [0.1, 0.15) is 33.1 Å². The van der Waals surface area contributed by atoms with Crippen LogP contribution in [0.25, 0.3) is 0 Å². The summed E-state index contributed by atoms with van der Waals surface area (Å²) in [5, 5.41) is 0. The smallest absolute Gasteiger partial charge is 0.416 e. The Kier molecular flexibility index (Phi) is 7.28. The van der Waals surface area contributed by atoms with Gasteiger partial charge in [0.05, 0.1) is 32.9 Å². The van der Waals surface area contributed by atoms with Crippen molar-refractivity contribution in [1.82, 2.24) is 4.90 Å². The van der Waals surface area contributed by atoms with Crippen LogP contribution in [0.2, 0.25) is 0 Å². The molecule has 1 atom stereocenters. The Morgan fingerprint density at radius 1 is 0.917 bits per heavy atom. The molecular weight excluding hydrogens is 475 g/mol. The maximum Gasteiger partial charge on any atom is 0.416 e. The molecule has 6 nitrogen and oxygen atoms in total. The summed E-state index contributed by atoms with van der Waals surface area (Å²) in [4.78, 5) is 15.2. The normalized spacial score (nSPS) is 15.2. The maximum atomic E-state index is 13.6. The Labute approximate surface area is 207 Å². The number of benzene rings is 3. The van der Waals surface area contributed by atoms with Crippen LogP contribution < -0.4 is 18.9 Å². The van der Waals surface area contributed by atoms with Gasteiger partial charge in [-0.15, -0.1) is 0 Å². The fraction of sp³-hybridized carbons (Fsp3) is 0.296. The Morgan fingerprint density at radius 2 is 1.61 bits per heavy atom. The fourth-order valence-corrected chi connectivity index (χ4v) is 4.31. The van der Waals surface area contributed by atoms with Crippen molar-refractivity contribution in [3.8, 4) is 23.0 Å². The molecule has 0 fully saturated rings. The highest BCUT2D eigenvalue weighted by Crippen LogP contribution is 2.39. The zero-order valence-electron chi connectivity index (χ0n) is 20.1. The third-order valence-electron chi connectivity index (χ3n) is 6.15. The van der Waals surface area contributed by atoms with E-state index in [-0.39, 0.29) is 18.3 Å². The molecule has 190 valence electrons. The van der Waals surface area contributed by atoms with Crippen molar-refractivity contribution in [2.45, 2.75) is 18.6 Å². The summed E-state index contributed by atoms with van der Waals surface area (Å²) in [5.41, 5.74) is 1.35. The molecule has 36 heavy (non-hydrogen) atoms. The molecule has 4 rings (SSSR count). The molecule has 0 saturated heterocycles. The molecule has 3 aromatic rings. The van der Waals surface area contributed by atoms with Crippen molar-refractivity contribution >= 4 is 5.91 Å². The van der Waals surface area contributed by atoms with Gasteiger partial charge in [0.15, 0.2) is 11.5 Å². The largest absolute Gasteiger partial charge is 0.497 e. The molecule has 1 amide bonds. The molecule has 1 aliphatic rings. The zero-order chi connectivity index (χ0) is 25.9. The lowest BCUT2D eigenvalue weighted by Crippen LogP contribution is -2.42. The van der Waals surface area contributed by atoms with E-state index in [0.717, 1.165) is 23.3 Å². The second-order valence-electron chi connectivity index (χ2n) is 8.24. The summed E-state index contributed by atoms with van der Waals surface area (Å²) in [6.07, 6.45) is -3.93. The molecule has 9 heteroatoms. The third kappa shape index (κ3) is 5.19. The molecule has 3 aromatic carbocycles. The number of alkyl halides is 3. The minimum Gasteiger partial charge on any atom is -0.497 e. The molecule has 1 heterocycles. The Hall–Kier alpha value is -3.88. The first-order valence-electron chi connectivity index (χ1n) is 11.2. The first kappa shape index (κ1) is 25.2. The van der Waals surface area contributed by atoms with E-state index in [4.69, 9.17) is 18.9 Å². The second kappa shape index (κ2) is 10.4. The molecular formula is C27H26F3NO5. The van der Waals surface area contributed by atoms with Crippen molar-refractivity contribution in [2.24, 2.45) is 0 Å². The van der Waals surface area contributed by atoms with Gasteiger partial charge in [0.1, 0.15) is 18.1 Å². The minimum atomic E-state index is -4.49. The number of ether oxygens (including phenoxy) is 4. The van der Waals surface area contributed by atoms with E-state index in [1.54, 1.807) is 42.3 Å². The Bertz CT molecular complexity index is 1240. The van der Waals surface area contributed by atoms with Gasteiger partial charge in [0, 0.05) is 12.1 Å². The molecule has 0 radical (unpaired) electrons. The van der Waals surface area contributed by atoms with Gasteiger partial charge in [-0.2, -0.15) is 13.2 Å². The van der Waals surface area contributed by atoms with Crippen molar-refractivity contribution in [3.05, 3.63) is 82.9 Å². The number of amides is 1. The van der Waals surface area contributed by atoms with Gasteiger partial charge in [-0.1, -0.05) is 12.1 Å². The molecule has 1 aliphatic heterocycles. The highest BCUT2D eigenvalue weighted by Gasteiger charge is 2.34. The second-order valence-corrected chi connectivity index (χ2v) is 8.24. The number of halogens is 3. The molecule has 0 spiro atoms. The van der Waals surface area contributed by atoms with Crippen LogP contribution in [0.15, 0.2) is 60.7 Å². The number of rotatable bonds is 7. The van der Waals surface area contributed by atoms with Gasteiger partial charge in [-0.25, -0.2) is 0 Å². The van der Waals surface area contributed by atoms with Crippen LogP contribution in [-0.4, -0.2) is 45.3 Å². The predicted octanol–water partition coefficient (Wildman–Crippen LogP) is 5.55. The monoisotopic (exact) mass is 501 g/mol.